The third-order valence-electron chi connectivity index (χ3n) is 2.89. The SMILES string of the molecule is N#CC(C(=O)c1cccc(Br)c1Cl)c1ccc(Cl)c(Cl)c1. The Hall–Kier alpha value is -1.05. The summed E-state index contributed by atoms with van der Waals surface area (Å²) in [6.45, 7) is 0. The second-order valence-electron chi connectivity index (χ2n) is 4.20. The molecule has 0 aliphatic carbocycles. The summed E-state index contributed by atoms with van der Waals surface area (Å²) in [5.74, 6) is -1.38. The number of Topliss-reactive ketones (excluding diaryl/α,β-unsaturated/α-hetero) is 1. The first-order chi connectivity index (χ1) is 9.95. The molecule has 2 rings (SSSR count). The predicted molar refractivity (Wildman–Crippen MR) is 88.3 cm³/mol. The first-order valence-corrected chi connectivity index (χ1v) is 7.71. The van der Waals surface area contributed by atoms with Crippen molar-refractivity contribution in [3.8, 4) is 6.07 Å². The van der Waals surface area contributed by atoms with Gasteiger partial charge in [0.2, 0.25) is 0 Å². The summed E-state index contributed by atoms with van der Waals surface area (Å²) in [5.41, 5.74) is 0.761. The maximum Gasteiger partial charge on any atom is 0.185 e. The number of hydrogen-bond acceptors (Lipinski definition) is 2. The summed E-state index contributed by atoms with van der Waals surface area (Å²) < 4.78 is 0.598. The lowest BCUT2D eigenvalue weighted by atomic mass is 9.92. The van der Waals surface area contributed by atoms with Crippen LogP contribution in [-0.2, 0) is 0 Å². The van der Waals surface area contributed by atoms with Crippen LogP contribution in [0.3, 0.4) is 0 Å². The summed E-state index contributed by atoms with van der Waals surface area (Å²) in [5, 5.41) is 10.3. The average molecular weight is 403 g/mol. The van der Waals surface area contributed by atoms with E-state index in [1.807, 2.05) is 6.07 Å². The van der Waals surface area contributed by atoms with Gasteiger partial charge in [0.05, 0.1) is 21.1 Å². The van der Waals surface area contributed by atoms with E-state index in [1.165, 1.54) is 6.07 Å². The Morgan fingerprint density at radius 2 is 1.86 bits per heavy atom. The highest BCUT2D eigenvalue weighted by Crippen LogP contribution is 2.32. The molecule has 0 aliphatic rings. The summed E-state index contributed by atoms with van der Waals surface area (Å²) in [4.78, 5) is 12.5. The predicted octanol–water partition coefficient (Wildman–Crippen LogP) is 5.90. The monoisotopic (exact) mass is 401 g/mol. The van der Waals surface area contributed by atoms with Gasteiger partial charge in [-0.2, -0.15) is 5.26 Å². The highest BCUT2D eigenvalue weighted by atomic mass is 79.9. The Morgan fingerprint density at radius 1 is 1.14 bits per heavy atom. The van der Waals surface area contributed by atoms with Gasteiger partial charge < -0.3 is 0 Å². The Morgan fingerprint density at radius 3 is 2.48 bits per heavy atom. The van der Waals surface area contributed by atoms with Crippen molar-refractivity contribution in [1.82, 2.24) is 0 Å². The van der Waals surface area contributed by atoms with Crippen LogP contribution in [0.5, 0.6) is 0 Å². The second-order valence-corrected chi connectivity index (χ2v) is 6.25. The van der Waals surface area contributed by atoms with Gasteiger partial charge in [-0.3, -0.25) is 4.79 Å². The topological polar surface area (TPSA) is 40.9 Å². The molecular weight excluding hydrogens is 396 g/mol. The minimum Gasteiger partial charge on any atom is -0.292 e. The molecule has 0 saturated heterocycles. The average Bonchev–Trinajstić information content (AvgIpc) is 2.46. The second kappa shape index (κ2) is 6.81. The van der Waals surface area contributed by atoms with Gasteiger partial charge in [0, 0.05) is 10.0 Å². The number of ketones is 1. The van der Waals surface area contributed by atoms with Gasteiger partial charge in [-0.25, -0.2) is 0 Å². The van der Waals surface area contributed by atoms with Crippen molar-refractivity contribution in [3.63, 3.8) is 0 Å². The molecule has 0 aliphatic heterocycles. The molecule has 0 heterocycles. The first-order valence-electron chi connectivity index (χ1n) is 5.78. The van der Waals surface area contributed by atoms with Crippen molar-refractivity contribution in [2.45, 2.75) is 5.92 Å². The smallest absolute Gasteiger partial charge is 0.185 e. The van der Waals surface area contributed by atoms with Gasteiger partial charge in [0.25, 0.3) is 0 Å². The summed E-state index contributed by atoms with van der Waals surface area (Å²) in [6, 6.07) is 11.6. The fourth-order valence-electron chi connectivity index (χ4n) is 1.83. The standard InChI is InChI=1S/C15H7BrCl3NO/c16-11-3-1-2-9(14(11)19)15(21)10(7-20)8-4-5-12(17)13(18)6-8/h1-6,10H. The molecule has 21 heavy (non-hydrogen) atoms. The molecule has 2 nitrogen and oxygen atoms in total. The van der Waals surface area contributed by atoms with Gasteiger partial charge in [-0.1, -0.05) is 46.9 Å². The Balaban J connectivity index is 2.46. The summed E-state index contributed by atoms with van der Waals surface area (Å²) in [6.07, 6.45) is 0. The fourth-order valence-corrected chi connectivity index (χ4v) is 2.72. The van der Waals surface area contributed by atoms with Gasteiger partial charge >= 0.3 is 0 Å². The molecule has 0 N–H and O–H groups in total. The maximum absolute atomic E-state index is 12.5. The number of rotatable bonds is 3. The number of carbonyl (C=O) groups is 1. The lowest BCUT2D eigenvalue weighted by Gasteiger charge is -2.11. The van der Waals surface area contributed by atoms with Crippen LogP contribution in [0.15, 0.2) is 40.9 Å². The largest absolute Gasteiger partial charge is 0.292 e. The molecule has 0 fully saturated rings. The number of benzene rings is 2. The third-order valence-corrected chi connectivity index (χ3v) is 4.92. The van der Waals surface area contributed by atoms with Gasteiger partial charge in [-0.05, 0) is 45.8 Å². The molecule has 6 heteroatoms. The molecule has 0 bridgehead atoms. The first kappa shape index (κ1) is 16.3. The summed E-state index contributed by atoms with van der Waals surface area (Å²) in [7, 11) is 0. The zero-order valence-corrected chi connectivity index (χ0v) is 14.3. The van der Waals surface area contributed by atoms with Crippen LogP contribution in [-0.4, -0.2) is 5.78 Å². The van der Waals surface area contributed by atoms with Crippen LogP contribution in [0.2, 0.25) is 15.1 Å². The zero-order chi connectivity index (χ0) is 15.6. The van der Waals surface area contributed by atoms with Crippen LogP contribution in [0, 0.1) is 11.3 Å². The number of halogens is 4. The van der Waals surface area contributed by atoms with Crippen LogP contribution >= 0.6 is 50.7 Å². The molecule has 0 aromatic heterocycles. The van der Waals surface area contributed by atoms with Crippen LogP contribution in [0.25, 0.3) is 0 Å². The van der Waals surface area contributed by atoms with Crippen molar-refractivity contribution in [1.29, 1.82) is 5.26 Å². The molecule has 1 unspecified atom stereocenters. The van der Waals surface area contributed by atoms with Crippen molar-refractivity contribution >= 4 is 56.5 Å². The van der Waals surface area contributed by atoms with Crippen molar-refractivity contribution in [2.24, 2.45) is 0 Å². The number of nitrogens with zero attached hydrogens (tertiary/aromatic N) is 1. The lowest BCUT2D eigenvalue weighted by Crippen LogP contribution is -2.12. The van der Waals surface area contributed by atoms with Gasteiger partial charge in [0.1, 0.15) is 5.92 Å². The minimum atomic E-state index is -0.994. The minimum absolute atomic E-state index is 0.280. The van der Waals surface area contributed by atoms with Crippen LogP contribution < -0.4 is 0 Å². The quantitative estimate of drug-likeness (QED) is 0.599. The van der Waals surface area contributed by atoms with Crippen LogP contribution in [0.1, 0.15) is 21.8 Å². The van der Waals surface area contributed by atoms with Crippen molar-refractivity contribution < 1.29 is 4.79 Å². The maximum atomic E-state index is 12.5. The van der Waals surface area contributed by atoms with Gasteiger partial charge in [0.15, 0.2) is 5.78 Å². The van der Waals surface area contributed by atoms with Crippen molar-refractivity contribution in [3.05, 3.63) is 67.1 Å². The molecule has 2 aromatic carbocycles. The molecule has 106 valence electrons. The van der Waals surface area contributed by atoms with E-state index >= 15 is 0 Å². The highest BCUT2D eigenvalue weighted by Gasteiger charge is 2.24. The highest BCUT2D eigenvalue weighted by molar-refractivity contribution is 9.10. The van der Waals surface area contributed by atoms with E-state index in [0.717, 1.165) is 0 Å². The molecular formula is C15H7BrCl3NO. The molecule has 0 amide bonds. The van der Waals surface area contributed by atoms with E-state index in [2.05, 4.69) is 15.9 Å². The van der Waals surface area contributed by atoms with Gasteiger partial charge in [-0.15, -0.1) is 0 Å². The molecule has 0 saturated carbocycles. The fraction of sp³-hybridized carbons (Fsp3) is 0.0667. The van der Waals surface area contributed by atoms with E-state index in [0.29, 0.717) is 20.1 Å². The zero-order valence-electron chi connectivity index (χ0n) is 10.4. The van der Waals surface area contributed by atoms with Crippen molar-refractivity contribution in [2.75, 3.05) is 0 Å². The van der Waals surface area contributed by atoms with E-state index in [-0.39, 0.29) is 16.4 Å². The van der Waals surface area contributed by atoms with E-state index in [9.17, 15) is 10.1 Å². The number of hydrogen-bond donors (Lipinski definition) is 0. The number of carbonyl (C=O) groups excluding carboxylic acids is 1. The number of nitriles is 1. The lowest BCUT2D eigenvalue weighted by molar-refractivity contribution is 0.0979. The molecule has 0 spiro atoms. The van der Waals surface area contributed by atoms with Crippen LogP contribution in [0.4, 0.5) is 0 Å². The summed E-state index contributed by atoms with van der Waals surface area (Å²) >= 11 is 21.1. The third kappa shape index (κ3) is 3.41. The molecule has 0 radical (unpaired) electrons. The van der Waals surface area contributed by atoms with E-state index < -0.39 is 5.92 Å². The normalized spacial score (nSPS) is 11.8. The van der Waals surface area contributed by atoms with E-state index in [4.69, 9.17) is 34.8 Å². The molecule has 2 aromatic rings. The Labute approximate surface area is 145 Å². The molecule has 1 atom stereocenters. The Kier molecular flexibility index (Phi) is 5.29. The van der Waals surface area contributed by atoms with E-state index in [1.54, 1.807) is 30.3 Å². The Bertz CT molecular complexity index is 755.